The van der Waals surface area contributed by atoms with Gasteiger partial charge in [0.05, 0.1) is 12.1 Å². The molecule has 2 aromatic rings. The molecule has 0 spiro atoms. The van der Waals surface area contributed by atoms with E-state index in [-0.39, 0.29) is 0 Å². The average molecular weight is 195 g/mol. The van der Waals surface area contributed by atoms with Gasteiger partial charge in [0.2, 0.25) is 0 Å². The van der Waals surface area contributed by atoms with E-state index in [2.05, 4.69) is 9.83 Å². The quantitative estimate of drug-likeness (QED) is 0.587. The van der Waals surface area contributed by atoms with Crippen molar-refractivity contribution in [3.05, 3.63) is 34.1 Å². The molecule has 1 aromatic carbocycles. The zero-order valence-corrected chi connectivity index (χ0v) is 7.49. The second-order valence-corrected chi connectivity index (χ2v) is 3.84. The van der Waals surface area contributed by atoms with Gasteiger partial charge in [-0.1, -0.05) is 17.7 Å². The zero-order chi connectivity index (χ0) is 8.55. The third-order valence-electron chi connectivity index (χ3n) is 1.48. The first kappa shape index (κ1) is 7.53. The summed E-state index contributed by atoms with van der Waals surface area (Å²) in [6.07, 6.45) is 0. The van der Waals surface area contributed by atoms with Crippen LogP contribution in [0.15, 0.2) is 18.2 Å². The summed E-state index contributed by atoms with van der Waals surface area (Å²) in [6.45, 7) is 6.80. The lowest BCUT2D eigenvalue weighted by Gasteiger charge is -1.86. The number of rotatable bonds is 0. The molecule has 0 radical (unpaired) electrons. The molecule has 58 valence electrons. The van der Waals surface area contributed by atoms with Crippen LogP contribution in [-0.2, 0) is 0 Å². The molecule has 4 heteroatoms. The number of aromatic nitrogens is 1. The van der Waals surface area contributed by atoms with Gasteiger partial charge in [0.25, 0.3) is 0 Å². The summed E-state index contributed by atoms with van der Waals surface area (Å²) in [5, 5.41) is 0. The van der Waals surface area contributed by atoms with Crippen LogP contribution in [0.2, 0.25) is 4.47 Å². The Bertz CT molecular complexity index is 469. The van der Waals surface area contributed by atoms with E-state index in [1.165, 1.54) is 11.3 Å². The van der Waals surface area contributed by atoms with E-state index in [4.69, 9.17) is 18.2 Å². The smallest absolute Gasteiger partial charge is 0.188 e. The van der Waals surface area contributed by atoms with E-state index in [1.807, 2.05) is 6.07 Å². The summed E-state index contributed by atoms with van der Waals surface area (Å²) in [6, 6.07) is 5.35. The van der Waals surface area contributed by atoms with Gasteiger partial charge < -0.3 is 0 Å². The minimum absolute atomic E-state index is 0.520. The van der Waals surface area contributed by atoms with Crippen molar-refractivity contribution >= 4 is 38.8 Å². The SMILES string of the molecule is [C-]#[N+]c1ccc2nc(Cl)sc2c1. The number of benzene rings is 1. The van der Waals surface area contributed by atoms with Gasteiger partial charge in [0, 0.05) is 4.70 Å². The molecule has 0 bridgehead atoms. The Labute approximate surface area is 78.2 Å². The van der Waals surface area contributed by atoms with Gasteiger partial charge >= 0.3 is 0 Å². The van der Waals surface area contributed by atoms with Gasteiger partial charge in [-0.2, -0.15) is 0 Å². The second kappa shape index (κ2) is 2.74. The molecular weight excluding hydrogens is 192 g/mol. The lowest BCUT2D eigenvalue weighted by atomic mass is 10.3. The molecule has 0 saturated heterocycles. The van der Waals surface area contributed by atoms with Crippen molar-refractivity contribution in [2.75, 3.05) is 0 Å². The fourth-order valence-corrected chi connectivity index (χ4v) is 2.02. The van der Waals surface area contributed by atoms with Crippen molar-refractivity contribution in [2.45, 2.75) is 0 Å². The fraction of sp³-hybridized carbons (Fsp3) is 0. The number of thiazole rings is 1. The number of nitrogens with zero attached hydrogens (tertiary/aromatic N) is 2. The van der Waals surface area contributed by atoms with Crippen molar-refractivity contribution in [3.63, 3.8) is 0 Å². The summed E-state index contributed by atoms with van der Waals surface area (Å²) in [5.74, 6) is 0. The Morgan fingerprint density at radius 1 is 1.50 bits per heavy atom. The van der Waals surface area contributed by atoms with Gasteiger partial charge in [0.1, 0.15) is 0 Å². The average Bonchev–Trinajstić information content (AvgIpc) is 2.43. The van der Waals surface area contributed by atoms with Crippen LogP contribution in [0.3, 0.4) is 0 Å². The molecule has 1 heterocycles. The van der Waals surface area contributed by atoms with Gasteiger partial charge in [-0.05, 0) is 12.1 Å². The molecule has 0 fully saturated rings. The molecule has 0 saturated carbocycles. The molecule has 0 aliphatic rings. The molecular formula is C8H3ClN2S. The minimum Gasteiger partial charge on any atom is -0.238 e. The van der Waals surface area contributed by atoms with E-state index in [0.29, 0.717) is 10.2 Å². The number of hydrogen-bond acceptors (Lipinski definition) is 2. The summed E-state index contributed by atoms with van der Waals surface area (Å²) in [7, 11) is 0. The Balaban J connectivity index is 2.77. The molecule has 0 N–H and O–H groups in total. The van der Waals surface area contributed by atoms with Crippen molar-refractivity contribution in [1.29, 1.82) is 0 Å². The van der Waals surface area contributed by atoms with Crippen LogP contribution in [0, 0.1) is 6.57 Å². The van der Waals surface area contributed by atoms with Crippen LogP contribution in [0.5, 0.6) is 0 Å². The highest BCUT2D eigenvalue weighted by molar-refractivity contribution is 7.22. The molecule has 2 nitrogen and oxygen atoms in total. The predicted octanol–water partition coefficient (Wildman–Crippen LogP) is 3.50. The molecule has 2 rings (SSSR count). The van der Waals surface area contributed by atoms with Crippen molar-refractivity contribution in [2.24, 2.45) is 0 Å². The Morgan fingerprint density at radius 3 is 3.08 bits per heavy atom. The first-order valence-electron chi connectivity index (χ1n) is 3.23. The summed E-state index contributed by atoms with van der Waals surface area (Å²) < 4.78 is 1.49. The Kier molecular flexibility index (Phi) is 1.72. The molecule has 0 amide bonds. The highest BCUT2D eigenvalue weighted by atomic mass is 35.5. The van der Waals surface area contributed by atoms with E-state index in [0.717, 1.165) is 10.2 Å². The number of hydrogen-bond donors (Lipinski definition) is 0. The van der Waals surface area contributed by atoms with E-state index in [1.54, 1.807) is 12.1 Å². The third kappa shape index (κ3) is 1.15. The van der Waals surface area contributed by atoms with E-state index < -0.39 is 0 Å². The molecule has 0 atom stereocenters. The lowest BCUT2D eigenvalue weighted by Crippen LogP contribution is -1.64. The first-order valence-corrected chi connectivity index (χ1v) is 4.42. The van der Waals surface area contributed by atoms with Gasteiger partial charge in [0.15, 0.2) is 10.2 Å². The number of fused-ring (bicyclic) bond motifs is 1. The molecule has 0 unspecified atom stereocenters. The summed E-state index contributed by atoms with van der Waals surface area (Å²) >= 11 is 7.10. The molecule has 12 heavy (non-hydrogen) atoms. The van der Waals surface area contributed by atoms with Crippen LogP contribution in [0.1, 0.15) is 0 Å². The van der Waals surface area contributed by atoms with Crippen molar-refractivity contribution in [1.82, 2.24) is 4.98 Å². The van der Waals surface area contributed by atoms with Crippen LogP contribution in [0.25, 0.3) is 15.1 Å². The van der Waals surface area contributed by atoms with Gasteiger partial charge in [-0.3, -0.25) is 0 Å². The van der Waals surface area contributed by atoms with Crippen molar-refractivity contribution in [3.8, 4) is 0 Å². The van der Waals surface area contributed by atoms with Crippen LogP contribution in [0.4, 0.5) is 5.69 Å². The summed E-state index contributed by atoms with van der Waals surface area (Å²) in [4.78, 5) is 7.39. The molecule has 0 aliphatic carbocycles. The van der Waals surface area contributed by atoms with Crippen LogP contribution >= 0.6 is 22.9 Å². The Morgan fingerprint density at radius 2 is 2.33 bits per heavy atom. The van der Waals surface area contributed by atoms with Crippen LogP contribution in [-0.4, -0.2) is 4.98 Å². The molecule has 1 aromatic heterocycles. The van der Waals surface area contributed by atoms with Crippen LogP contribution < -0.4 is 0 Å². The topological polar surface area (TPSA) is 17.2 Å². The maximum Gasteiger partial charge on any atom is 0.188 e. The number of halogens is 1. The standard InChI is InChI=1S/C8H3ClN2S/c1-10-5-2-3-6-7(4-5)12-8(9)11-6/h2-4H. The third-order valence-corrected chi connectivity index (χ3v) is 2.60. The van der Waals surface area contributed by atoms with E-state index in [9.17, 15) is 0 Å². The van der Waals surface area contributed by atoms with Gasteiger partial charge in [-0.25, -0.2) is 9.83 Å². The first-order chi connectivity index (χ1) is 5.79. The fourth-order valence-electron chi connectivity index (χ4n) is 0.955. The monoisotopic (exact) mass is 194 g/mol. The normalized spacial score (nSPS) is 10.0. The lowest BCUT2D eigenvalue weighted by molar-refractivity contribution is 1.50. The molecule has 0 aliphatic heterocycles. The highest BCUT2D eigenvalue weighted by Gasteiger charge is 2.01. The van der Waals surface area contributed by atoms with Gasteiger partial charge in [-0.15, -0.1) is 11.3 Å². The predicted molar refractivity (Wildman–Crippen MR) is 50.9 cm³/mol. The van der Waals surface area contributed by atoms with E-state index >= 15 is 0 Å². The minimum atomic E-state index is 0.520. The highest BCUT2D eigenvalue weighted by Crippen LogP contribution is 2.28. The largest absolute Gasteiger partial charge is 0.238 e. The Hall–Kier alpha value is -1.11. The second-order valence-electron chi connectivity index (χ2n) is 2.23. The summed E-state index contributed by atoms with van der Waals surface area (Å²) in [5.41, 5.74) is 1.49. The maximum atomic E-state index is 6.80. The van der Waals surface area contributed by atoms with Crippen molar-refractivity contribution < 1.29 is 0 Å². The zero-order valence-electron chi connectivity index (χ0n) is 5.91. The maximum absolute atomic E-state index is 6.80.